The highest BCUT2D eigenvalue weighted by molar-refractivity contribution is 5.84. The number of fused-ring (bicyclic) bond motifs is 5. The molecule has 1 aliphatic carbocycles. The Labute approximate surface area is 218 Å². The van der Waals surface area contributed by atoms with Gasteiger partial charge in [0.1, 0.15) is 18.2 Å². The highest BCUT2D eigenvalue weighted by Crippen LogP contribution is 2.44. The summed E-state index contributed by atoms with van der Waals surface area (Å²) < 4.78 is 53.4. The van der Waals surface area contributed by atoms with E-state index in [0.29, 0.717) is 6.07 Å². The number of piperidine rings is 1. The maximum absolute atomic E-state index is 14.1. The van der Waals surface area contributed by atoms with Crippen LogP contribution < -0.4 is 0 Å². The van der Waals surface area contributed by atoms with Crippen LogP contribution in [0.4, 0.5) is 18.0 Å². The van der Waals surface area contributed by atoms with Gasteiger partial charge in [0.25, 0.3) is 0 Å². The molecular formula is C30H26F3NO4. The largest absolute Gasteiger partial charge is 0.448 e. The summed E-state index contributed by atoms with van der Waals surface area (Å²) in [5.41, 5.74) is 3.95. The molecule has 0 radical (unpaired) electrons. The fraction of sp³-hybridized carbons (Fsp3) is 0.333. The summed E-state index contributed by atoms with van der Waals surface area (Å²) in [6.45, 7) is 0.671. The minimum Gasteiger partial charge on any atom is -0.448 e. The molecule has 1 amide bonds. The van der Waals surface area contributed by atoms with E-state index in [4.69, 9.17) is 9.47 Å². The van der Waals surface area contributed by atoms with Gasteiger partial charge >= 0.3 is 6.09 Å². The summed E-state index contributed by atoms with van der Waals surface area (Å²) in [6.07, 6.45) is -0.417. The van der Waals surface area contributed by atoms with Gasteiger partial charge in [-0.1, -0.05) is 48.5 Å². The lowest BCUT2D eigenvalue weighted by Gasteiger charge is -2.47. The number of benzene rings is 3. The Kier molecular flexibility index (Phi) is 6.43. The molecule has 0 aromatic heterocycles. The number of morpholine rings is 1. The number of carbonyl (C=O) groups is 2. The topological polar surface area (TPSA) is 55.8 Å². The molecule has 2 unspecified atom stereocenters. The van der Waals surface area contributed by atoms with Crippen LogP contribution in [-0.4, -0.2) is 48.7 Å². The zero-order valence-electron chi connectivity index (χ0n) is 20.5. The van der Waals surface area contributed by atoms with Crippen LogP contribution in [0.1, 0.15) is 35.4 Å². The average Bonchev–Trinajstić information content (AvgIpc) is 3.24. The molecule has 2 fully saturated rings. The first kappa shape index (κ1) is 24.7. The number of ether oxygens (including phenoxy) is 2. The van der Waals surface area contributed by atoms with Crippen LogP contribution in [0.3, 0.4) is 0 Å². The van der Waals surface area contributed by atoms with Gasteiger partial charge in [-0.05, 0) is 47.2 Å². The van der Waals surface area contributed by atoms with Crippen molar-refractivity contribution in [1.82, 2.24) is 4.90 Å². The Morgan fingerprint density at radius 3 is 2.05 bits per heavy atom. The zero-order valence-corrected chi connectivity index (χ0v) is 20.5. The van der Waals surface area contributed by atoms with Gasteiger partial charge in [0.2, 0.25) is 0 Å². The number of ketones is 1. The van der Waals surface area contributed by atoms with Gasteiger partial charge in [-0.2, -0.15) is 0 Å². The second-order valence-corrected chi connectivity index (χ2v) is 10.2. The van der Waals surface area contributed by atoms with Gasteiger partial charge in [-0.25, -0.2) is 18.0 Å². The summed E-state index contributed by atoms with van der Waals surface area (Å²) in [7, 11) is 0. The zero-order chi connectivity index (χ0) is 26.4. The second kappa shape index (κ2) is 9.91. The first-order valence-corrected chi connectivity index (χ1v) is 12.8. The van der Waals surface area contributed by atoms with Crippen molar-refractivity contribution in [3.8, 4) is 11.1 Å². The molecule has 3 aromatic rings. The minimum atomic E-state index is -1.34. The van der Waals surface area contributed by atoms with Gasteiger partial charge in [0.15, 0.2) is 11.6 Å². The monoisotopic (exact) mass is 521 g/mol. The summed E-state index contributed by atoms with van der Waals surface area (Å²) in [6, 6.07) is 16.9. The molecule has 2 aliphatic heterocycles. The van der Waals surface area contributed by atoms with E-state index in [2.05, 4.69) is 24.3 Å². The van der Waals surface area contributed by atoms with Crippen LogP contribution in [0.2, 0.25) is 0 Å². The summed E-state index contributed by atoms with van der Waals surface area (Å²) in [5.74, 6) is -4.44. The van der Waals surface area contributed by atoms with Crippen molar-refractivity contribution in [2.24, 2.45) is 5.92 Å². The number of amides is 1. The maximum Gasteiger partial charge on any atom is 0.410 e. The first-order chi connectivity index (χ1) is 18.4. The molecule has 38 heavy (non-hydrogen) atoms. The van der Waals surface area contributed by atoms with Gasteiger partial charge in [0.05, 0.1) is 25.3 Å². The fourth-order valence-corrected chi connectivity index (χ4v) is 6.19. The summed E-state index contributed by atoms with van der Waals surface area (Å²) >= 11 is 0. The van der Waals surface area contributed by atoms with E-state index < -0.39 is 53.5 Å². The number of carbonyl (C=O) groups excluding carboxylic acids is 2. The molecule has 2 atom stereocenters. The number of halogens is 3. The Hall–Kier alpha value is -3.65. The van der Waals surface area contributed by atoms with Crippen molar-refractivity contribution in [3.05, 3.63) is 94.8 Å². The van der Waals surface area contributed by atoms with Crippen molar-refractivity contribution >= 4 is 11.9 Å². The Morgan fingerprint density at radius 1 is 0.842 bits per heavy atom. The molecule has 8 heteroatoms. The highest BCUT2D eigenvalue weighted by atomic mass is 19.2. The van der Waals surface area contributed by atoms with E-state index >= 15 is 0 Å². The van der Waals surface area contributed by atoms with Crippen molar-refractivity contribution in [2.75, 3.05) is 19.8 Å². The fourth-order valence-electron chi connectivity index (χ4n) is 6.19. The van der Waals surface area contributed by atoms with Crippen molar-refractivity contribution in [2.45, 2.75) is 37.3 Å². The molecule has 0 saturated carbocycles. The third-order valence-electron chi connectivity index (χ3n) is 8.01. The molecule has 0 N–H and O–H groups in total. The van der Waals surface area contributed by atoms with Gasteiger partial charge in [0, 0.05) is 23.8 Å². The molecule has 2 heterocycles. The number of nitrogens with zero attached hydrogens (tertiary/aromatic N) is 1. The highest BCUT2D eigenvalue weighted by Gasteiger charge is 2.45. The number of rotatable bonds is 5. The molecule has 196 valence electrons. The number of Topliss-reactive ketones (excluding diaryl/α,β-unsaturated/α-hetero) is 1. The Balaban J connectivity index is 1.14. The Morgan fingerprint density at radius 2 is 1.42 bits per heavy atom. The summed E-state index contributed by atoms with van der Waals surface area (Å²) in [4.78, 5) is 28.0. The lowest BCUT2D eigenvalue weighted by molar-refractivity contribution is -0.130. The van der Waals surface area contributed by atoms with Gasteiger partial charge in [-0.15, -0.1) is 0 Å². The molecule has 2 bridgehead atoms. The van der Waals surface area contributed by atoms with Crippen LogP contribution in [0, 0.1) is 23.4 Å². The van der Waals surface area contributed by atoms with E-state index in [-0.39, 0.29) is 44.4 Å². The molecule has 5 nitrogen and oxygen atoms in total. The first-order valence-electron chi connectivity index (χ1n) is 12.8. The smallest absolute Gasteiger partial charge is 0.410 e. The lowest BCUT2D eigenvalue weighted by Crippen LogP contribution is -2.60. The van der Waals surface area contributed by atoms with Crippen molar-refractivity contribution in [3.63, 3.8) is 0 Å². The number of hydrogen-bond acceptors (Lipinski definition) is 4. The quantitative estimate of drug-likeness (QED) is 0.408. The van der Waals surface area contributed by atoms with Crippen LogP contribution in [0.25, 0.3) is 11.1 Å². The minimum absolute atomic E-state index is 0.0716. The van der Waals surface area contributed by atoms with Crippen LogP contribution in [0.15, 0.2) is 60.7 Å². The molecular weight excluding hydrogens is 495 g/mol. The van der Waals surface area contributed by atoms with E-state index in [1.54, 1.807) is 4.90 Å². The van der Waals surface area contributed by atoms with E-state index in [9.17, 15) is 22.8 Å². The normalized spacial score (nSPS) is 22.1. The molecule has 2 saturated heterocycles. The van der Waals surface area contributed by atoms with E-state index in [1.165, 1.54) is 0 Å². The van der Waals surface area contributed by atoms with Crippen LogP contribution >= 0.6 is 0 Å². The maximum atomic E-state index is 14.1. The standard InChI is InChI=1S/C30H26F3NO4/c31-26-9-10-27(32)29(33)24(26)13-28(35)17-11-18-14-37-15-19(12-17)34(18)30(36)38-16-25-22-7-3-1-5-20(22)21-6-2-4-8-23(21)25/h1-10,17-19,25H,11-16H2. The Bertz CT molecular complexity index is 1350. The predicted octanol–water partition coefficient (Wildman–Crippen LogP) is 5.64. The molecule has 3 aromatic carbocycles. The average molecular weight is 522 g/mol. The third-order valence-corrected chi connectivity index (χ3v) is 8.01. The second-order valence-electron chi connectivity index (χ2n) is 10.2. The SMILES string of the molecule is O=C(Cc1c(F)ccc(F)c1F)C1CC2COCC(C1)N2C(=O)OCC1c2ccccc2-c2ccccc21. The van der Waals surface area contributed by atoms with E-state index in [0.717, 1.165) is 28.3 Å². The van der Waals surface area contributed by atoms with Gasteiger partial charge in [-0.3, -0.25) is 9.69 Å². The summed E-state index contributed by atoms with van der Waals surface area (Å²) in [5, 5.41) is 0. The number of hydrogen-bond donors (Lipinski definition) is 0. The van der Waals surface area contributed by atoms with Crippen LogP contribution in [0.5, 0.6) is 0 Å². The van der Waals surface area contributed by atoms with Crippen molar-refractivity contribution < 1.29 is 32.2 Å². The van der Waals surface area contributed by atoms with E-state index in [1.807, 2.05) is 24.3 Å². The molecule has 3 aliphatic rings. The molecule has 6 rings (SSSR count). The predicted molar refractivity (Wildman–Crippen MR) is 133 cm³/mol. The van der Waals surface area contributed by atoms with Crippen LogP contribution in [-0.2, 0) is 20.7 Å². The third kappa shape index (κ3) is 4.26. The lowest BCUT2D eigenvalue weighted by atomic mass is 9.81. The van der Waals surface area contributed by atoms with Crippen molar-refractivity contribution in [1.29, 1.82) is 0 Å². The van der Waals surface area contributed by atoms with Gasteiger partial charge < -0.3 is 9.47 Å². The molecule has 0 spiro atoms.